The molecule has 3 aromatic rings. The normalized spacial score (nSPS) is 12.6. The molecule has 0 fully saturated rings. The Morgan fingerprint density at radius 2 is 1.97 bits per heavy atom. The molecule has 156 valence electrons. The van der Waals surface area contributed by atoms with Gasteiger partial charge in [-0.3, -0.25) is 9.59 Å². The molecular weight excluding hydrogens is 448 g/mol. The Kier molecular flexibility index (Phi) is 6.55. The predicted molar refractivity (Wildman–Crippen MR) is 116 cm³/mol. The van der Waals surface area contributed by atoms with E-state index in [4.69, 9.17) is 16.3 Å². The SMILES string of the molecule is COC(=O)Cn1c(=NC(=O)/C=C/c2ccccc2Cl)sc2cc(S(C)(=O)=O)ccc21. The number of rotatable bonds is 5. The van der Waals surface area contributed by atoms with Gasteiger partial charge in [0, 0.05) is 17.4 Å². The number of carbonyl (C=O) groups excluding carboxylic acids is 2. The van der Waals surface area contributed by atoms with Gasteiger partial charge in [0.1, 0.15) is 6.54 Å². The topological polar surface area (TPSA) is 94.8 Å². The number of nitrogens with zero attached hydrogens (tertiary/aromatic N) is 2. The molecule has 0 bridgehead atoms. The van der Waals surface area contributed by atoms with Crippen LogP contribution in [0.1, 0.15) is 5.56 Å². The monoisotopic (exact) mass is 464 g/mol. The molecule has 2 aromatic carbocycles. The number of amides is 1. The van der Waals surface area contributed by atoms with E-state index in [0.717, 1.165) is 17.6 Å². The average molecular weight is 465 g/mol. The van der Waals surface area contributed by atoms with Crippen LogP contribution in [0.3, 0.4) is 0 Å². The molecule has 1 aromatic heterocycles. The standard InChI is InChI=1S/C20H17ClN2O5S2/c1-28-19(25)12-23-16-9-8-14(30(2,26)27)11-17(16)29-20(23)22-18(24)10-7-13-5-3-4-6-15(13)21/h3-11H,12H2,1-2H3/b10-7+,22-20?. The van der Waals surface area contributed by atoms with Gasteiger partial charge in [-0.1, -0.05) is 41.1 Å². The number of esters is 1. The zero-order chi connectivity index (χ0) is 21.9. The zero-order valence-corrected chi connectivity index (χ0v) is 18.4. The summed E-state index contributed by atoms with van der Waals surface area (Å²) in [5, 5.41) is 0.498. The number of hydrogen-bond acceptors (Lipinski definition) is 6. The second kappa shape index (κ2) is 8.95. The molecule has 0 saturated carbocycles. The van der Waals surface area contributed by atoms with Crippen LogP contribution in [0.2, 0.25) is 5.02 Å². The molecule has 0 unspecified atom stereocenters. The number of carbonyl (C=O) groups is 2. The summed E-state index contributed by atoms with van der Waals surface area (Å²) in [6, 6.07) is 11.6. The Hall–Kier alpha value is -2.75. The van der Waals surface area contributed by atoms with Gasteiger partial charge in [-0.15, -0.1) is 0 Å². The van der Waals surface area contributed by atoms with Gasteiger partial charge in [-0.25, -0.2) is 8.42 Å². The Morgan fingerprint density at radius 1 is 1.23 bits per heavy atom. The summed E-state index contributed by atoms with van der Waals surface area (Å²) in [7, 11) is -2.15. The predicted octanol–water partition coefficient (Wildman–Crippen LogP) is 3.07. The Labute approximate surface area is 181 Å². The van der Waals surface area contributed by atoms with Crippen LogP contribution in [-0.2, 0) is 30.7 Å². The Morgan fingerprint density at radius 3 is 2.63 bits per heavy atom. The summed E-state index contributed by atoms with van der Waals surface area (Å²) in [6.45, 7) is -0.172. The lowest BCUT2D eigenvalue weighted by Crippen LogP contribution is -2.22. The van der Waals surface area contributed by atoms with E-state index in [-0.39, 0.29) is 16.2 Å². The first-order valence-corrected chi connectivity index (χ1v) is 11.7. The highest BCUT2D eigenvalue weighted by atomic mass is 35.5. The zero-order valence-electron chi connectivity index (χ0n) is 16.0. The van der Waals surface area contributed by atoms with Gasteiger partial charge < -0.3 is 9.30 Å². The van der Waals surface area contributed by atoms with Gasteiger partial charge in [0.05, 0.1) is 22.2 Å². The van der Waals surface area contributed by atoms with Crippen molar-refractivity contribution in [3.63, 3.8) is 0 Å². The molecule has 3 rings (SSSR count). The number of sulfone groups is 1. The molecule has 10 heteroatoms. The van der Waals surface area contributed by atoms with Crippen LogP contribution in [-0.4, -0.2) is 38.2 Å². The molecule has 1 heterocycles. The minimum absolute atomic E-state index is 0.137. The highest BCUT2D eigenvalue weighted by molar-refractivity contribution is 7.90. The first-order chi connectivity index (χ1) is 14.2. The van der Waals surface area contributed by atoms with Crippen molar-refractivity contribution in [2.75, 3.05) is 13.4 Å². The minimum Gasteiger partial charge on any atom is -0.468 e. The number of ether oxygens (including phenoxy) is 1. The van der Waals surface area contributed by atoms with Crippen molar-refractivity contribution >= 4 is 60.9 Å². The van der Waals surface area contributed by atoms with Gasteiger partial charge in [-0.05, 0) is 35.9 Å². The number of halogens is 1. The molecule has 0 aliphatic carbocycles. The Bertz CT molecular complexity index is 1340. The third-order valence-corrected chi connectivity index (χ3v) is 6.61. The van der Waals surface area contributed by atoms with E-state index in [9.17, 15) is 18.0 Å². The third kappa shape index (κ3) is 5.05. The van der Waals surface area contributed by atoms with Crippen LogP contribution >= 0.6 is 22.9 Å². The largest absolute Gasteiger partial charge is 0.468 e. The van der Waals surface area contributed by atoms with E-state index in [0.29, 0.717) is 20.8 Å². The van der Waals surface area contributed by atoms with Gasteiger partial charge in [0.2, 0.25) is 0 Å². The summed E-state index contributed by atoms with van der Waals surface area (Å²) >= 11 is 7.18. The molecule has 30 heavy (non-hydrogen) atoms. The molecule has 0 spiro atoms. The van der Waals surface area contributed by atoms with Gasteiger partial charge in [0.25, 0.3) is 5.91 Å². The lowest BCUT2D eigenvalue weighted by Gasteiger charge is -2.04. The summed E-state index contributed by atoms with van der Waals surface area (Å²) in [4.78, 5) is 28.7. The van der Waals surface area contributed by atoms with Crippen LogP contribution in [0.4, 0.5) is 0 Å². The number of hydrogen-bond donors (Lipinski definition) is 0. The molecule has 0 N–H and O–H groups in total. The summed E-state index contributed by atoms with van der Waals surface area (Å²) in [6.07, 6.45) is 3.93. The van der Waals surface area contributed by atoms with E-state index < -0.39 is 21.7 Å². The number of methoxy groups -OCH3 is 1. The maximum absolute atomic E-state index is 12.4. The summed E-state index contributed by atoms with van der Waals surface area (Å²) < 4.78 is 30.5. The van der Waals surface area contributed by atoms with E-state index in [1.165, 1.54) is 29.9 Å². The average Bonchev–Trinajstić information content (AvgIpc) is 3.02. The number of benzene rings is 2. The van der Waals surface area contributed by atoms with Crippen molar-refractivity contribution in [3.05, 3.63) is 63.9 Å². The minimum atomic E-state index is -3.41. The van der Waals surface area contributed by atoms with Crippen LogP contribution in [0, 0.1) is 0 Å². The fraction of sp³-hybridized carbons (Fsp3) is 0.150. The lowest BCUT2D eigenvalue weighted by molar-refractivity contribution is -0.141. The van der Waals surface area contributed by atoms with Gasteiger partial charge in [0.15, 0.2) is 14.6 Å². The van der Waals surface area contributed by atoms with Crippen molar-refractivity contribution in [2.24, 2.45) is 4.99 Å². The van der Waals surface area contributed by atoms with E-state index >= 15 is 0 Å². The van der Waals surface area contributed by atoms with Crippen LogP contribution in [0.5, 0.6) is 0 Å². The highest BCUT2D eigenvalue weighted by Gasteiger charge is 2.14. The summed E-state index contributed by atoms with van der Waals surface area (Å²) in [5.74, 6) is -1.08. The fourth-order valence-corrected chi connectivity index (χ4v) is 4.61. The number of thiazole rings is 1. The van der Waals surface area contributed by atoms with Crippen molar-refractivity contribution in [3.8, 4) is 0 Å². The fourth-order valence-electron chi connectivity index (χ4n) is 2.62. The highest BCUT2D eigenvalue weighted by Crippen LogP contribution is 2.22. The smallest absolute Gasteiger partial charge is 0.325 e. The quantitative estimate of drug-likeness (QED) is 0.427. The Balaban J connectivity index is 2.08. The maximum atomic E-state index is 12.4. The molecule has 0 aliphatic heterocycles. The first-order valence-electron chi connectivity index (χ1n) is 8.60. The molecule has 0 atom stereocenters. The van der Waals surface area contributed by atoms with Crippen LogP contribution in [0.25, 0.3) is 16.3 Å². The van der Waals surface area contributed by atoms with Crippen molar-refractivity contribution < 1.29 is 22.7 Å². The molecule has 1 amide bonds. The van der Waals surface area contributed by atoms with Crippen LogP contribution in [0.15, 0.2) is 58.4 Å². The number of aromatic nitrogens is 1. The van der Waals surface area contributed by atoms with Crippen LogP contribution < -0.4 is 4.80 Å². The molecular formula is C20H17ClN2O5S2. The third-order valence-electron chi connectivity index (χ3n) is 4.11. The second-order valence-corrected chi connectivity index (χ2v) is 9.69. The maximum Gasteiger partial charge on any atom is 0.325 e. The molecule has 0 radical (unpaired) electrons. The van der Waals surface area contributed by atoms with E-state index in [2.05, 4.69) is 4.99 Å². The van der Waals surface area contributed by atoms with Gasteiger partial charge >= 0.3 is 5.97 Å². The number of fused-ring (bicyclic) bond motifs is 1. The van der Waals surface area contributed by atoms with Crippen molar-refractivity contribution in [1.82, 2.24) is 4.57 Å². The lowest BCUT2D eigenvalue weighted by atomic mass is 10.2. The molecule has 7 nitrogen and oxygen atoms in total. The molecule has 0 aliphatic rings. The second-order valence-electron chi connectivity index (χ2n) is 6.25. The van der Waals surface area contributed by atoms with Gasteiger partial charge in [-0.2, -0.15) is 4.99 Å². The van der Waals surface area contributed by atoms with E-state index in [1.807, 2.05) is 0 Å². The van der Waals surface area contributed by atoms with Crippen molar-refractivity contribution in [1.29, 1.82) is 0 Å². The van der Waals surface area contributed by atoms with Crippen molar-refractivity contribution in [2.45, 2.75) is 11.4 Å². The molecule has 0 saturated heterocycles. The summed E-state index contributed by atoms with van der Waals surface area (Å²) in [5.41, 5.74) is 1.23. The first kappa shape index (κ1) is 21.9. The van der Waals surface area contributed by atoms with E-state index in [1.54, 1.807) is 36.4 Å².